The molecule has 0 fully saturated rings. The molecule has 0 amide bonds. The summed E-state index contributed by atoms with van der Waals surface area (Å²) in [6.45, 7) is 1.86. The first-order valence-electron chi connectivity index (χ1n) is 4.80. The summed E-state index contributed by atoms with van der Waals surface area (Å²) in [5, 5.41) is 1.83. The van der Waals surface area contributed by atoms with Crippen molar-refractivity contribution in [3.63, 3.8) is 0 Å². The van der Waals surface area contributed by atoms with Gasteiger partial charge in [0.2, 0.25) is 0 Å². The molecule has 17 heavy (non-hydrogen) atoms. The molecule has 0 N–H and O–H groups in total. The van der Waals surface area contributed by atoms with E-state index in [4.69, 9.17) is 0 Å². The van der Waals surface area contributed by atoms with Crippen molar-refractivity contribution in [3.8, 4) is 0 Å². The third-order valence-corrected chi connectivity index (χ3v) is 3.04. The van der Waals surface area contributed by atoms with Crippen LogP contribution in [0.2, 0.25) is 0 Å². The van der Waals surface area contributed by atoms with Crippen LogP contribution in [0.4, 0.5) is 18.9 Å². The number of halogens is 3. The lowest BCUT2D eigenvalue weighted by atomic mass is 10.2. The second kappa shape index (κ2) is 4.71. The lowest BCUT2D eigenvalue weighted by molar-refractivity contribution is 0.541. The molecule has 5 heteroatoms. The summed E-state index contributed by atoms with van der Waals surface area (Å²) in [6.07, 6.45) is 1.07. The Morgan fingerprint density at radius 3 is 2.35 bits per heavy atom. The standard InChI is InChI=1S/C12H8F3NS/c1-7-12(2-3-17-7)16-6-9-10(14)4-8(13)5-11(9)15/h2-6H,1H3. The van der Waals surface area contributed by atoms with Gasteiger partial charge in [-0.15, -0.1) is 11.3 Å². The van der Waals surface area contributed by atoms with Gasteiger partial charge in [0.15, 0.2) is 0 Å². The molecule has 1 nitrogen and oxygen atoms in total. The van der Waals surface area contributed by atoms with E-state index in [1.165, 1.54) is 11.3 Å². The van der Waals surface area contributed by atoms with Crippen LogP contribution in [0.15, 0.2) is 28.6 Å². The van der Waals surface area contributed by atoms with E-state index in [0.717, 1.165) is 11.1 Å². The van der Waals surface area contributed by atoms with Crippen molar-refractivity contribution >= 4 is 23.2 Å². The Bertz CT molecular complexity index is 552. The highest BCUT2D eigenvalue weighted by Crippen LogP contribution is 2.24. The van der Waals surface area contributed by atoms with Crippen molar-refractivity contribution in [2.24, 2.45) is 4.99 Å². The highest BCUT2D eigenvalue weighted by molar-refractivity contribution is 7.10. The molecule has 0 aliphatic rings. The van der Waals surface area contributed by atoms with Gasteiger partial charge >= 0.3 is 0 Å². The molecular weight excluding hydrogens is 247 g/mol. The number of nitrogens with zero attached hydrogens (tertiary/aromatic N) is 1. The number of rotatable bonds is 2. The Morgan fingerprint density at radius 1 is 1.18 bits per heavy atom. The molecule has 0 bridgehead atoms. The maximum Gasteiger partial charge on any atom is 0.137 e. The summed E-state index contributed by atoms with van der Waals surface area (Å²) < 4.78 is 39.2. The first-order chi connectivity index (χ1) is 8.08. The molecule has 0 radical (unpaired) electrons. The van der Waals surface area contributed by atoms with Gasteiger partial charge in [-0.05, 0) is 18.4 Å². The Hall–Kier alpha value is -1.62. The van der Waals surface area contributed by atoms with Gasteiger partial charge in [-0.3, -0.25) is 4.99 Å². The summed E-state index contributed by atoms with van der Waals surface area (Å²) in [7, 11) is 0. The van der Waals surface area contributed by atoms with E-state index in [2.05, 4.69) is 4.99 Å². The first-order valence-corrected chi connectivity index (χ1v) is 5.68. The van der Waals surface area contributed by atoms with Gasteiger partial charge < -0.3 is 0 Å². The van der Waals surface area contributed by atoms with Crippen LogP contribution >= 0.6 is 11.3 Å². The molecule has 2 rings (SSSR count). The van der Waals surface area contributed by atoms with E-state index in [1.54, 1.807) is 6.07 Å². The first kappa shape index (κ1) is 11.9. The van der Waals surface area contributed by atoms with Crippen LogP contribution < -0.4 is 0 Å². The Morgan fingerprint density at radius 2 is 1.82 bits per heavy atom. The molecular formula is C12H8F3NS. The van der Waals surface area contributed by atoms with Crippen LogP contribution in [0.1, 0.15) is 10.4 Å². The van der Waals surface area contributed by atoms with Crippen molar-refractivity contribution in [2.45, 2.75) is 6.92 Å². The maximum atomic E-state index is 13.3. The van der Waals surface area contributed by atoms with Crippen molar-refractivity contribution in [2.75, 3.05) is 0 Å². The summed E-state index contributed by atoms with van der Waals surface area (Å²) >= 11 is 1.49. The third-order valence-electron chi connectivity index (χ3n) is 2.21. The highest BCUT2D eigenvalue weighted by Gasteiger charge is 2.09. The van der Waals surface area contributed by atoms with Crippen LogP contribution in [0, 0.1) is 24.4 Å². The molecule has 0 saturated heterocycles. The zero-order valence-corrected chi connectivity index (χ0v) is 9.69. The zero-order chi connectivity index (χ0) is 12.4. The fourth-order valence-electron chi connectivity index (χ4n) is 1.32. The van der Waals surface area contributed by atoms with Crippen LogP contribution in [0.3, 0.4) is 0 Å². The minimum absolute atomic E-state index is 0.336. The molecule has 0 unspecified atom stereocenters. The Labute approximate surface area is 100 Å². The van der Waals surface area contributed by atoms with E-state index in [0.29, 0.717) is 17.8 Å². The normalized spacial score (nSPS) is 11.3. The van der Waals surface area contributed by atoms with Crippen molar-refractivity contribution in [1.82, 2.24) is 0 Å². The maximum absolute atomic E-state index is 13.3. The Balaban J connectivity index is 2.37. The molecule has 0 atom stereocenters. The van der Waals surface area contributed by atoms with E-state index in [9.17, 15) is 13.2 Å². The number of benzene rings is 1. The van der Waals surface area contributed by atoms with E-state index in [1.807, 2.05) is 12.3 Å². The Kier molecular flexibility index (Phi) is 3.28. The fourth-order valence-corrected chi connectivity index (χ4v) is 1.97. The summed E-state index contributed by atoms with van der Waals surface area (Å²) in [5.74, 6) is -2.86. The van der Waals surface area contributed by atoms with Crippen LogP contribution in [0.25, 0.3) is 0 Å². The third kappa shape index (κ3) is 2.55. The monoisotopic (exact) mass is 255 g/mol. The summed E-state index contributed by atoms with van der Waals surface area (Å²) in [5.41, 5.74) is 0.315. The van der Waals surface area contributed by atoms with Gasteiger partial charge in [-0.1, -0.05) is 0 Å². The molecule has 2 aromatic rings. The van der Waals surface area contributed by atoms with Gasteiger partial charge in [-0.2, -0.15) is 0 Å². The quantitative estimate of drug-likeness (QED) is 0.712. The highest BCUT2D eigenvalue weighted by atomic mass is 32.1. The number of hydrogen-bond donors (Lipinski definition) is 0. The van der Waals surface area contributed by atoms with Crippen LogP contribution in [-0.4, -0.2) is 6.21 Å². The zero-order valence-electron chi connectivity index (χ0n) is 8.88. The molecule has 0 aliphatic carbocycles. The predicted octanol–water partition coefficient (Wildman–Crippen LogP) is 4.22. The van der Waals surface area contributed by atoms with Crippen molar-refractivity contribution in [3.05, 3.63) is 51.5 Å². The average molecular weight is 255 g/mol. The smallest absolute Gasteiger partial charge is 0.137 e. The molecule has 88 valence electrons. The van der Waals surface area contributed by atoms with Gasteiger partial charge in [0.05, 0.1) is 11.3 Å². The van der Waals surface area contributed by atoms with Crippen LogP contribution in [0.5, 0.6) is 0 Å². The minimum Gasteiger partial charge on any atom is -0.255 e. The summed E-state index contributed by atoms with van der Waals surface area (Å²) in [4.78, 5) is 4.92. The molecule has 1 aromatic carbocycles. The SMILES string of the molecule is Cc1sccc1N=Cc1c(F)cc(F)cc1F. The number of hydrogen-bond acceptors (Lipinski definition) is 2. The molecule has 0 saturated carbocycles. The van der Waals surface area contributed by atoms with E-state index in [-0.39, 0.29) is 5.56 Å². The van der Waals surface area contributed by atoms with Crippen LogP contribution in [-0.2, 0) is 0 Å². The number of thiophene rings is 1. The van der Waals surface area contributed by atoms with Gasteiger partial charge in [0.1, 0.15) is 17.5 Å². The predicted molar refractivity (Wildman–Crippen MR) is 62.6 cm³/mol. The summed E-state index contributed by atoms with van der Waals surface area (Å²) in [6, 6.07) is 3.01. The average Bonchev–Trinajstić information content (AvgIpc) is 2.62. The largest absolute Gasteiger partial charge is 0.255 e. The number of aryl methyl sites for hydroxylation is 1. The van der Waals surface area contributed by atoms with Gasteiger partial charge in [0.25, 0.3) is 0 Å². The van der Waals surface area contributed by atoms with Crippen molar-refractivity contribution < 1.29 is 13.2 Å². The molecule has 0 spiro atoms. The lowest BCUT2D eigenvalue weighted by Crippen LogP contribution is -1.95. The minimum atomic E-state index is -0.959. The number of aliphatic imine (C=N–C) groups is 1. The fraction of sp³-hybridized carbons (Fsp3) is 0.0833. The van der Waals surface area contributed by atoms with Gasteiger partial charge in [0, 0.05) is 23.2 Å². The van der Waals surface area contributed by atoms with E-state index >= 15 is 0 Å². The van der Waals surface area contributed by atoms with Gasteiger partial charge in [-0.25, -0.2) is 13.2 Å². The second-order valence-corrected chi connectivity index (χ2v) is 4.52. The topological polar surface area (TPSA) is 12.4 Å². The molecule has 1 heterocycles. The second-order valence-electron chi connectivity index (χ2n) is 3.40. The van der Waals surface area contributed by atoms with Crippen molar-refractivity contribution in [1.29, 1.82) is 0 Å². The van der Waals surface area contributed by atoms with E-state index < -0.39 is 17.5 Å². The molecule has 1 aromatic heterocycles. The molecule has 0 aliphatic heterocycles. The lowest BCUT2D eigenvalue weighted by Gasteiger charge is -1.99.